The van der Waals surface area contributed by atoms with Crippen molar-refractivity contribution in [2.24, 2.45) is 0 Å². The minimum Gasteiger partial charge on any atom is -0.870 e. The summed E-state index contributed by atoms with van der Waals surface area (Å²) in [6.45, 7) is 0. The average molecular weight is 232 g/mol. The molecule has 0 unspecified atom stereocenters. The molecule has 0 aromatic heterocycles. The van der Waals surface area contributed by atoms with Crippen molar-refractivity contribution in [3.8, 4) is 11.1 Å². The fourth-order valence-electron chi connectivity index (χ4n) is 1.26. The zero-order valence-corrected chi connectivity index (χ0v) is 9.85. The van der Waals surface area contributed by atoms with Crippen LogP contribution >= 0.6 is 0 Å². The summed E-state index contributed by atoms with van der Waals surface area (Å²) in [6.07, 6.45) is 0. The Labute approximate surface area is 106 Å². The van der Waals surface area contributed by atoms with E-state index in [4.69, 9.17) is 0 Å². The summed E-state index contributed by atoms with van der Waals surface area (Å²) in [5, 5.41) is 0. The third-order valence-electron chi connectivity index (χ3n) is 1.88. The van der Waals surface area contributed by atoms with E-state index >= 15 is 0 Å². The summed E-state index contributed by atoms with van der Waals surface area (Å²) in [6, 6.07) is 20.8. The van der Waals surface area contributed by atoms with Gasteiger partial charge in [0.15, 0.2) is 0 Å². The van der Waals surface area contributed by atoms with Crippen LogP contribution < -0.4 is 0 Å². The molecule has 0 bridgehead atoms. The molecule has 0 heterocycles. The number of benzene rings is 2. The van der Waals surface area contributed by atoms with Crippen molar-refractivity contribution < 1.29 is 16.4 Å². The first-order valence-corrected chi connectivity index (χ1v) is 4.07. The fourth-order valence-corrected chi connectivity index (χ4v) is 1.26. The van der Waals surface area contributed by atoms with Gasteiger partial charge in [-0.2, -0.15) is 0 Å². The predicted octanol–water partition coefficient (Wildman–Crippen LogP) is 2.44. The smallest absolute Gasteiger partial charge is 0.870 e. The van der Waals surface area contributed by atoms with Crippen molar-refractivity contribution in [2.75, 3.05) is 0 Å². The van der Waals surface area contributed by atoms with Crippen molar-refractivity contribution in [2.45, 2.75) is 0 Å². The quantitative estimate of drug-likeness (QED) is 0.707. The monoisotopic (exact) mass is 232 g/mol. The summed E-state index contributed by atoms with van der Waals surface area (Å²) in [5.41, 5.74) is 2.55. The standard InChI is InChI=1S/C12H10.Al.3H2O/c1-3-7-11(8-4-1)12-9-5-2-6-10-12;;;;/h1-10H;;3*1H2/q;+3;;;/p-3. The van der Waals surface area contributed by atoms with Crippen molar-refractivity contribution >= 4 is 17.4 Å². The summed E-state index contributed by atoms with van der Waals surface area (Å²) < 4.78 is 0. The Morgan fingerprint density at radius 3 is 0.938 bits per heavy atom. The third kappa shape index (κ3) is 5.08. The van der Waals surface area contributed by atoms with E-state index < -0.39 is 0 Å². The van der Waals surface area contributed by atoms with Crippen LogP contribution in [0.4, 0.5) is 0 Å². The first-order valence-electron chi connectivity index (χ1n) is 4.07. The molecule has 0 aliphatic rings. The van der Waals surface area contributed by atoms with Crippen LogP contribution in [0.3, 0.4) is 0 Å². The maximum Gasteiger partial charge on any atom is 3.00 e. The molecule has 4 heteroatoms. The van der Waals surface area contributed by atoms with Crippen LogP contribution in [0, 0.1) is 0 Å². The molecular formula is C12H13AlO3. The molecule has 2 aromatic carbocycles. The van der Waals surface area contributed by atoms with Gasteiger partial charge in [0, 0.05) is 0 Å². The van der Waals surface area contributed by atoms with Gasteiger partial charge in [-0.05, 0) is 11.1 Å². The van der Waals surface area contributed by atoms with Gasteiger partial charge in [0.25, 0.3) is 0 Å². The first-order chi connectivity index (χ1) is 5.97. The summed E-state index contributed by atoms with van der Waals surface area (Å²) >= 11 is 0. The van der Waals surface area contributed by atoms with Crippen LogP contribution in [-0.2, 0) is 0 Å². The molecule has 3 N–H and O–H groups in total. The SMILES string of the molecule is [Al+3].[OH-].[OH-].[OH-].c1ccc(-c2ccccc2)cc1. The molecule has 16 heavy (non-hydrogen) atoms. The van der Waals surface area contributed by atoms with E-state index in [1.165, 1.54) is 11.1 Å². The molecule has 0 saturated heterocycles. The maximum atomic E-state index is 2.12. The Bertz CT molecular complexity index is 314. The Morgan fingerprint density at radius 1 is 0.438 bits per heavy atom. The molecule has 0 fully saturated rings. The molecule has 0 aliphatic heterocycles. The van der Waals surface area contributed by atoms with E-state index in [1.54, 1.807) is 0 Å². The Kier molecular flexibility index (Phi) is 13.2. The van der Waals surface area contributed by atoms with Crippen LogP contribution in [0.5, 0.6) is 0 Å². The molecular weight excluding hydrogens is 219 g/mol. The Balaban J connectivity index is -0.000000422. The largest absolute Gasteiger partial charge is 3.00 e. The number of hydrogen-bond acceptors (Lipinski definition) is 3. The average Bonchev–Trinajstić information content (AvgIpc) is 2.21. The minimum atomic E-state index is 0. The molecule has 0 atom stereocenters. The van der Waals surface area contributed by atoms with Crippen molar-refractivity contribution in [3.63, 3.8) is 0 Å². The summed E-state index contributed by atoms with van der Waals surface area (Å²) in [7, 11) is 0. The van der Waals surface area contributed by atoms with Gasteiger partial charge in [0.05, 0.1) is 0 Å². The van der Waals surface area contributed by atoms with Crippen molar-refractivity contribution in [1.29, 1.82) is 0 Å². The zero-order chi connectivity index (χ0) is 8.23. The van der Waals surface area contributed by atoms with E-state index in [2.05, 4.69) is 48.5 Å². The van der Waals surface area contributed by atoms with Crippen LogP contribution in [0.15, 0.2) is 60.7 Å². The van der Waals surface area contributed by atoms with Gasteiger partial charge in [-0.15, -0.1) is 0 Å². The van der Waals surface area contributed by atoms with Gasteiger partial charge in [0.2, 0.25) is 0 Å². The second-order valence-corrected chi connectivity index (χ2v) is 2.73. The molecule has 2 rings (SSSR count). The molecule has 3 nitrogen and oxygen atoms in total. The number of hydrogen-bond donors (Lipinski definition) is 0. The van der Waals surface area contributed by atoms with Gasteiger partial charge in [0.1, 0.15) is 0 Å². The van der Waals surface area contributed by atoms with E-state index in [0.717, 1.165) is 0 Å². The van der Waals surface area contributed by atoms with Gasteiger partial charge in [-0.25, -0.2) is 0 Å². The third-order valence-corrected chi connectivity index (χ3v) is 1.88. The Hall–Kier alpha value is -1.15. The Morgan fingerprint density at radius 2 is 0.688 bits per heavy atom. The normalized spacial score (nSPS) is 7.25. The van der Waals surface area contributed by atoms with Crippen molar-refractivity contribution in [3.05, 3.63) is 60.7 Å². The van der Waals surface area contributed by atoms with Crippen LogP contribution in [0.25, 0.3) is 11.1 Å². The first kappa shape index (κ1) is 20.3. The number of rotatable bonds is 1. The fraction of sp³-hybridized carbons (Fsp3) is 0. The second kappa shape index (κ2) is 10.4. The summed E-state index contributed by atoms with van der Waals surface area (Å²) in [4.78, 5) is 0. The molecule has 0 saturated carbocycles. The maximum absolute atomic E-state index is 2.12. The van der Waals surface area contributed by atoms with E-state index in [0.29, 0.717) is 0 Å². The van der Waals surface area contributed by atoms with Crippen molar-refractivity contribution in [1.82, 2.24) is 0 Å². The molecule has 0 aliphatic carbocycles. The van der Waals surface area contributed by atoms with E-state index in [1.807, 2.05) is 12.1 Å². The molecule has 0 amide bonds. The summed E-state index contributed by atoms with van der Waals surface area (Å²) in [5.74, 6) is 0. The van der Waals surface area contributed by atoms with Crippen LogP contribution in [0.2, 0.25) is 0 Å². The molecule has 0 spiro atoms. The van der Waals surface area contributed by atoms with Crippen LogP contribution in [-0.4, -0.2) is 33.8 Å². The minimum absolute atomic E-state index is 0. The molecule has 82 valence electrons. The van der Waals surface area contributed by atoms with Crippen LogP contribution in [0.1, 0.15) is 0 Å². The topological polar surface area (TPSA) is 90.0 Å². The van der Waals surface area contributed by atoms with Gasteiger partial charge < -0.3 is 16.4 Å². The predicted molar refractivity (Wildman–Crippen MR) is 63.4 cm³/mol. The molecule has 0 radical (unpaired) electrons. The van der Waals surface area contributed by atoms with Gasteiger partial charge in [-0.3, -0.25) is 0 Å². The second-order valence-electron chi connectivity index (χ2n) is 2.73. The zero-order valence-electron chi connectivity index (χ0n) is 8.69. The van der Waals surface area contributed by atoms with E-state index in [-0.39, 0.29) is 33.8 Å². The molecule has 2 aromatic rings. The van der Waals surface area contributed by atoms with Gasteiger partial charge in [-0.1, -0.05) is 60.7 Å². The van der Waals surface area contributed by atoms with E-state index in [9.17, 15) is 0 Å². The van der Waals surface area contributed by atoms with Gasteiger partial charge >= 0.3 is 17.4 Å².